The number of hydrogen-bond acceptors (Lipinski definition) is 7. The van der Waals surface area contributed by atoms with E-state index in [1.807, 2.05) is 19.9 Å². The van der Waals surface area contributed by atoms with Gasteiger partial charge in [0.05, 0.1) is 16.5 Å². The van der Waals surface area contributed by atoms with Crippen molar-refractivity contribution in [3.63, 3.8) is 0 Å². The minimum absolute atomic E-state index is 0.144. The first-order valence-electron chi connectivity index (χ1n) is 12.9. The first-order valence-corrected chi connectivity index (χ1v) is 14.4. The van der Waals surface area contributed by atoms with Gasteiger partial charge in [-0.05, 0) is 61.2 Å². The number of aromatic hydroxyl groups is 1. The lowest BCUT2D eigenvalue weighted by molar-refractivity contribution is 0.406. The smallest absolute Gasteiger partial charge is 0.277 e. The van der Waals surface area contributed by atoms with Crippen LogP contribution < -0.4 is 5.56 Å². The van der Waals surface area contributed by atoms with Gasteiger partial charge in [0.1, 0.15) is 17.7 Å². The molecule has 0 amide bonds. The fourth-order valence-electron chi connectivity index (χ4n) is 4.73. The van der Waals surface area contributed by atoms with Crippen molar-refractivity contribution in [2.75, 3.05) is 0 Å². The number of unbranched alkanes of at least 4 members (excludes halogenated alkanes) is 1. The van der Waals surface area contributed by atoms with E-state index in [9.17, 15) is 22.7 Å². The van der Waals surface area contributed by atoms with Gasteiger partial charge in [0.2, 0.25) is 15.7 Å². The molecule has 0 saturated heterocycles. The molecule has 2 aromatic carbocycles. The number of aromatic nitrogens is 3. The van der Waals surface area contributed by atoms with Gasteiger partial charge in [0.15, 0.2) is 4.90 Å². The van der Waals surface area contributed by atoms with Gasteiger partial charge in [-0.2, -0.15) is 10.2 Å². The Morgan fingerprint density at radius 1 is 1.12 bits per heavy atom. The normalized spacial score (nSPS) is 12.2. The first-order chi connectivity index (χ1) is 19.1. The van der Waals surface area contributed by atoms with Crippen molar-refractivity contribution in [3.8, 4) is 23.1 Å². The molecule has 1 atom stereocenters. The van der Waals surface area contributed by atoms with Crippen LogP contribution in [0.15, 0.2) is 75.4 Å². The quantitative estimate of drug-likeness (QED) is 0.286. The molecule has 40 heavy (non-hydrogen) atoms. The van der Waals surface area contributed by atoms with Gasteiger partial charge in [-0.15, -0.1) is 0 Å². The molecule has 1 unspecified atom stereocenters. The van der Waals surface area contributed by atoms with E-state index in [-0.39, 0.29) is 16.3 Å². The molecule has 206 valence electrons. The van der Waals surface area contributed by atoms with E-state index in [1.54, 1.807) is 37.4 Å². The Balaban J connectivity index is 1.88. The number of sulfone groups is 1. The van der Waals surface area contributed by atoms with Gasteiger partial charge < -0.3 is 5.11 Å². The summed E-state index contributed by atoms with van der Waals surface area (Å²) in [5, 5.41) is 19.9. The number of nitriles is 1. The van der Waals surface area contributed by atoms with Crippen LogP contribution >= 0.6 is 0 Å². The molecular weight excluding hydrogens is 531 g/mol. The Bertz CT molecular complexity index is 1760. The number of nitrogens with zero attached hydrogens (tertiary/aromatic N) is 4. The summed E-state index contributed by atoms with van der Waals surface area (Å²) in [6.45, 7) is 5.57. The average molecular weight is 561 g/mol. The molecule has 0 aliphatic rings. The largest absolute Gasteiger partial charge is 0.492 e. The SMILES string of the molecule is CCCCc1nc(O)c(S(=O)(=O)c2ccc(-c3cccnc3C)cc2)c(=O)n1C(CC)c1ccc(C#N)c(F)c1. The summed E-state index contributed by atoms with van der Waals surface area (Å²) in [6.07, 6.45) is 3.66. The zero-order chi connectivity index (χ0) is 29.0. The molecule has 1 N–H and O–H groups in total. The Labute approximate surface area is 232 Å². The molecule has 0 bridgehead atoms. The second-order valence-electron chi connectivity index (χ2n) is 9.40. The summed E-state index contributed by atoms with van der Waals surface area (Å²) in [6, 6.07) is 14.6. The topological polar surface area (TPSA) is 126 Å². The molecule has 0 saturated carbocycles. The monoisotopic (exact) mass is 560 g/mol. The van der Waals surface area contributed by atoms with E-state index in [4.69, 9.17) is 5.26 Å². The molecule has 0 spiro atoms. The summed E-state index contributed by atoms with van der Waals surface area (Å²) in [5.41, 5.74) is 1.64. The van der Waals surface area contributed by atoms with Crippen LogP contribution in [-0.4, -0.2) is 28.1 Å². The minimum Gasteiger partial charge on any atom is -0.492 e. The lowest BCUT2D eigenvalue weighted by atomic mass is 10.0. The van der Waals surface area contributed by atoms with E-state index in [1.165, 1.54) is 34.9 Å². The highest BCUT2D eigenvalue weighted by Crippen LogP contribution is 2.31. The van der Waals surface area contributed by atoms with Crippen LogP contribution in [0.1, 0.15) is 61.8 Å². The standard InChI is InChI=1S/C30H29FN4O4S/c1-4-6-9-27-34-29(36)28(30(37)35(27)26(5-2)21-10-11-22(18-32)25(31)17-21)40(38,39)23-14-12-20(13-15-23)24-8-7-16-33-19(24)3/h7-8,10-17,26,36H,4-6,9H2,1-3H3. The van der Waals surface area contributed by atoms with Crippen molar-refractivity contribution < 1.29 is 17.9 Å². The zero-order valence-corrected chi connectivity index (χ0v) is 23.2. The van der Waals surface area contributed by atoms with Crippen LogP contribution in [0.2, 0.25) is 0 Å². The highest BCUT2D eigenvalue weighted by Gasteiger charge is 2.31. The Kier molecular flexibility index (Phi) is 8.45. The molecule has 0 fully saturated rings. The Hall–Kier alpha value is -4.36. The average Bonchev–Trinajstić information content (AvgIpc) is 2.94. The molecule has 2 aromatic heterocycles. The summed E-state index contributed by atoms with van der Waals surface area (Å²) in [7, 11) is -4.49. The molecule has 2 heterocycles. The van der Waals surface area contributed by atoms with E-state index in [2.05, 4.69) is 9.97 Å². The number of hydrogen-bond donors (Lipinski definition) is 1. The summed E-state index contributed by atoms with van der Waals surface area (Å²) < 4.78 is 43.2. The van der Waals surface area contributed by atoms with Crippen molar-refractivity contribution in [2.45, 2.75) is 62.3 Å². The minimum atomic E-state index is -4.49. The second-order valence-corrected chi connectivity index (χ2v) is 11.3. The number of benzene rings is 2. The fourth-order valence-corrected chi connectivity index (χ4v) is 6.08. The predicted octanol–water partition coefficient (Wildman–Crippen LogP) is 5.50. The van der Waals surface area contributed by atoms with Crippen molar-refractivity contribution in [2.24, 2.45) is 0 Å². The van der Waals surface area contributed by atoms with Gasteiger partial charge >= 0.3 is 0 Å². The molecule has 10 heteroatoms. The number of pyridine rings is 1. The molecular formula is C30H29FN4O4S. The Morgan fingerprint density at radius 2 is 1.85 bits per heavy atom. The Morgan fingerprint density at radius 3 is 2.45 bits per heavy atom. The lowest BCUT2D eigenvalue weighted by Crippen LogP contribution is -2.33. The predicted molar refractivity (Wildman–Crippen MR) is 148 cm³/mol. The molecule has 0 aliphatic heterocycles. The van der Waals surface area contributed by atoms with Crippen molar-refractivity contribution >= 4 is 9.84 Å². The first kappa shape index (κ1) is 28.6. The van der Waals surface area contributed by atoms with Gasteiger partial charge in [0.25, 0.3) is 5.56 Å². The van der Waals surface area contributed by atoms with E-state index in [0.717, 1.165) is 23.2 Å². The van der Waals surface area contributed by atoms with E-state index in [0.29, 0.717) is 24.8 Å². The van der Waals surface area contributed by atoms with Crippen LogP contribution in [0.5, 0.6) is 5.88 Å². The van der Waals surface area contributed by atoms with E-state index >= 15 is 0 Å². The third-order valence-corrected chi connectivity index (χ3v) is 8.62. The summed E-state index contributed by atoms with van der Waals surface area (Å²) in [5.74, 6) is -1.42. The van der Waals surface area contributed by atoms with Crippen LogP contribution in [0.3, 0.4) is 0 Å². The number of rotatable bonds is 9. The maximum Gasteiger partial charge on any atom is 0.277 e. The van der Waals surface area contributed by atoms with Crippen LogP contribution in [0, 0.1) is 24.1 Å². The van der Waals surface area contributed by atoms with Crippen LogP contribution in [-0.2, 0) is 16.3 Å². The van der Waals surface area contributed by atoms with Gasteiger partial charge in [-0.3, -0.25) is 14.3 Å². The molecule has 8 nitrogen and oxygen atoms in total. The van der Waals surface area contributed by atoms with Gasteiger partial charge in [-0.25, -0.2) is 12.8 Å². The number of halogens is 1. The van der Waals surface area contributed by atoms with E-state index < -0.39 is 38.0 Å². The van der Waals surface area contributed by atoms with Crippen LogP contribution in [0.4, 0.5) is 4.39 Å². The van der Waals surface area contributed by atoms with Crippen LogP contribution in [0.25, 0.3) is 11.1 Å². The van der Waals surface area contributed by atoms with Gasteiger partial charge in [0, 0.05) is 23.9 Å². The third-order valence-electron chi connectivity index (χ3n) is 6.83. The number of aryl methyl sites for hydroxylation is 2. The second kappa shape index (κ2) is 11.8. The lowest BCUT2D eigenvalue weighted by Gasteiger charge is -2.23. The van der Waals surface area contributed by atoms with Gasteiger partial charge in [-0.1, -0.05) is 44.5 Å². The summed E-state index contributed by atoms with van der Waals surface area (Å²) >= 11 is 0. The third kappa shape index (κ3) is 5.38. The summed E-state index contributed by atoms with van der Waals surface area (Å²) in [4.78, 5) is 21.3. The maximum atomic E-state index is 14.5. The molecule has 4 rings (SSSR count). The van der Waals surface area contributed by atoms with Crippen molar-refractivity contribution in [3.05, 3.63) is 99.6 Å². The zero-order valence-electron chi connectivity index (χ0n) is 22.4. The highest BCUT2D eigenvalue weighted by molar-refractivity contribution is 7.91. The van der Waals surface area contributed by atoms with Crippen molar-refractivity contribution in [1.29, 1.82) is 5.26 Å². The fraction of sp³-hybridized carbons (Fsp3) is 0.267. The van der Waals surface area contributed by atoms with Crippen molar-refractivity contribution in [1.82, 2.24) is 14.5 Å². The maximum absolute atomic E-state index is 14.5. The molecule has 0 radical (unpaired) electrons. The highest BCUT2D eigenvalue weighted by atomic mass is 32.2. The molecule has 4 aromatic rings. The molecule has 0 aliphatic carbocycles.